The van der Waals surface area contributed by atoms with Gasteiger partial charge in [-0.15, -0.1) is 0 Å². The van der Waals surface area contributed by atoms with E-state index in [0.29, 0.717) is 11.9 Å². The van der Waals surface area contributed by atoms with E-state index in [4.69, 9.17) is 5.84 Å². The van der Waals surface area contributed by atoms with Crippen molar-refractivity contribution < 1.29 is 0 Å². The number of nitrogens with one attached hydrogen (secondary N) is 1. The molecule has 0 spiro atoms. The fourth-order valence-corrected chi connectivity index (χ4v) is 2.07. The van der Waals surface area contributed by atoms with E-state index in [1.807, 2.05) is 16.8 Å². The minimum atomic E-state index is 0.413. The maximum atomic E-state index is 5.46. The molecule has 18 heavy (non-hydrogen) atoms. The van der Waals surface area contributed by atoms with Crippen LogP contribution in [0.5, 0.6) is 0 Å². The summed E-state index contributed by atoms with van der Waals surface area (Å²) in [5.41, 5.74) is 3.46. The first-order chi connectivity index (χ1) is 8.71. The van der Waals surface area contributed by atoms with Gasteiger partial charge in [-0.3, -0.25) is 0 Å². The molecule has 0 aliphatic carbocycles. The van der Waals surface area contributed by atoms with Gasteiger partial charge >= 0.3 is 0 Å². The van der Waals surface area contributed by atoms with Gasteiger partial charge in [0.25, 0.3) is 0 Å². The van der Waals surface area contributed by atoms with Crippen molar-refractivity contribution in [2.24, 2.45) is 5.84 Å². The number of fused-ring (bicyclic) bond motifs is 1. The zero-order chi connectivity index (χ0) is 13.1. The van der Waals surface area contributed by atoms with Crippen LogP contribution in [0.25, 0.3) is 5.65 Å². The Labute approximate surface area is 107 Å². The maximum absolute atomic E-state index is 5.46. The molecule has 2 aromatic rings. The number of nitrogen functional groups attached to an aromatic ring is 1. The molecular formula is C12H20N6. The summed E-state index contributed by atoms with van der Waals surface area (Å²) in [5, 5.41) is 0. The SMILES string of the molecule is CCC(C)N(CC)c1nc(NN)cn2ccnc12. The molecule has 6 nitrogen and oxygen atoms in total. The third-order valence-corrected chi connectivity index (χ3v) is 3.24. The highest BCUT2D eigenvalue weighted by atomic mass is 15.3. The Morgan fingerprint density at radius 3 is 2.89 bits per heavy atom. The molecule has 1 atom stereocenters. The Kier molecular flexibility index (Phi) is 3.66. The number of hydrogen-bond acceptors (Lipinski definition) is 5. The van der Waals surface area contributed by atoms with E-state index in [1.165, 1.54) is 0 Å². The van der Waals surface area contributed by atoms with Gasteiger partial charge in [-0.05, 0) is 20.3 Å². The third kappa shape index (κ3) is 2.11. The molecule has 0 aliphatic heterocycles. The molecule has 0 amide bonds. The number of nitrogens with zero attached hydrogens (tertiary/aromatic N) is 4. The monoisotopic (exact) mass is 248 g/mol. The van der Waals surface area contributed by atoms with Crippen LogP contribution in [0.1, 0.15) is 27.2 Å². The molecular weight excluding hydrogens is 228 g/mol. The first-order valence-corrected chi connectivity index (χ1v) is 6.28. The van der Waals surface area contributed by atoms with E-state index in [-0.39, 0.29) is 0 Å². The lowest BCUT2D eigenvalue weighted by molar-refractivity contribution is 0.623. The molecule has 1 unspecified atom stereocenters. The molecule has 0 bridgehead atoms. The number of hydrogen-bond donors (Lipinski definition) is 2. The number of hydrazine groups is 1. The van der Waals surface area contributed by atoms with E-state index in [2.05, 4.69) is 41.1 Å². The van der Waals surface area contributed by atoms with Gasteiger partial charge in [0.15, 0.2) is 17.3 Å². The second-order valence-corrected chi connectivity index (χ2v) is 4.30. The van der Waals surface area contributed by atoms with E-state index in [0.717, 1.165) is 24.4 Å². The van der Waals surface area contributed by atoms with Gasteiger partial charge in [0.05, 0.1) is 6.20 Å². The molecule has 0 aliphatic rings. The summed E-state index contributed by atoms with van der Waals surface area (Å²) in [7, 11) is 0. The van der Waals surface area contributed by atoms with Gasteiger partial charge in [0, 0.05) is 25.0 Å². The van der Waals surface area contributed by atoms with Crippen LogP contribution in [0.4, 0.5) is 11.6 Å². The first kappa shape index (κ1) is 12.6. The van der Waals surface area contributed by atoms with E-state index >= 15 is 0 Å². The predicted octanol–water partition coefficient (Wildman–Crippen LogP) is 1.64. The van der Waals surface area contributed by atoms with Crippen LogP contribution in [0, 0.1) is 0 Å². The minimum absolute atomic E-state index is 0.413. The molecule has 0 fully saturated rings. The summed E-state index contributed by atoms with van der Waals surface area (Å²) in [6, 6.07) is 0.413. The lowest BCUT2D eigenvalue weighted by Gasteiger charge is -2.28. The topological polar surface area (TPSA) is 71.5 Å². The molecule has 3 N–H and O–H groups in total. The molecule has 98 valence electrons. The average molecular weight is 248 g/mol. The lowest BCUT2D eigenvalue weighted by atomic mass is 10.2. The lowest BCUT2D eigenvalue weighted by Crippen LogP contribution is -2.33. The second kappa shape index (κ2) is 5.22. The van der Waals surface area contributed by atoms with Gasteiger partial charge in [0.1, 0.15) is 0 Å². The van der Waals surface area contributed by atoms with Crippen molar-refractivity contribution >= 4 is 17.3 Å². The van der Waals surface area contributed by atoms with Crippen molar-refractivity contribution in [1.29, 1.82) is 0 Å². The first-order valence-electron chi connectivity index (χ1n) is 6.28. The van der Waals surface area contributed by atoms with Crippen LogP contribution in [0.15, 0.2) is 18.6 Å². The Bertz CT molecular complexity index is 520. The van der Waals surface area contributed by atoms with Crippen LogP contribution in [0.2, 0.25) is 0 Å². The fourth-order valence-electron chi connectivity index (χ4n) is 2.07. The second-order valence-electron chi connectivity index (χ2n) is 4.30. The number of anilines is 2. The van der Waals surface area contributed by atoms with Crippen LogP contribution in [-0.4, -0.2) is 27.0 Å². The van der Waals surface area contributed by atoms with E-state index in [1.54, 1.807) is 6.20 Å². The molecule has 0 saturated carbocycles. The molecule has 2 aromatic heterocycles. The highest BCUT2D eigenvalue weighted by Crippen LogP contribution is 2.22. The zero-order valence-corrected chi connectivity index (χ0v) is 11.1. The van der Waals surface area contributed by atoms with E-state index in [9.17, 15) is 0 Å². The Morgan fingerprint density at radius 1 is 1.50 bits per heavy atom. The van der Waals surface area contributed by atoms with Gasteiger partial charge in [-0.2, -0.15) is 0 Å². The van der Waals surface area contributed by atoms with Crippen molar-refractivity contribution in [2.45, 2.75) is 33.2 Å². The van der Waals surface area contributed by atoms with Gasteiger partial charge in [-0.1, -0.05) is 6.92 Å². The quantitative estimate of drug-likeness (QED) is 0.621. The highest BCUT2D eigenvalue weighted by Gasteiger charge is 2.17. The number of rotatable bonds is 5. The van der Waals surface area contributed by atoms with Crippen LogP contribution >= 0.6 is 0 Å². The summed E-state index contributed by atoms with van der Waals surface area (Å²) < 4.78 is 1.93. The Balaban J connectivity index is 2.56. The van der Waals surface area contributed by atoms with Crippen molar-refractivity contribution in [3.05, 3.63) is 18.6 Å². The van der Waals surface area contributed by atoms with Gasteiger partial charge in [0.2, 0.25) is 0 Å². The van der Waals surface area contributed by atoms with Crippen LogP contribution in [-0.2, 0) is 0 Å². The van der Waals surface area contributed by atoms with Crippen molar-refractivity contribution in [2.75, 3.05) is 16.9 Å². The number of imidazole rings is 1. The summed E-state index contributed by atoms with van der Waals surface area (Å²) >= 11 is 0. The van der Waals surface area contributed by atoms with E-state index < -0.39 is 0 Å². The fraction of sp³-hybridized carbons (Fsp3) is 0.500. The average Bonchev–Trinajstić information content (AvgIpc) is 2.87. The summed E-state index contributed by atoms with van der Waals surface area (Å²) in [6.07, 6.45) is 6.55. The molecule has 6 heteroatoms. The molecule has 0 aromatic carbocycles. The molecule has 2 rings (SSSR count). The minimum Gasteiger partial charge on any atom is -0.351 e. The Hall–Kier alpha value is -1.82. The molecule has 0 saturated heterocycles. The smallest absolute Gasteiger partial charge is 0.180 e. The Morgan fingerprint density at radius 2 is 2.28 bits per heavy atom. The van der Waals surface area contributed by atoms with Crippen molar-refractivity contribution in [3.63, 3.8) is 0 Å². The third-order valence-electron chi connectivity index (χ3n) is 3.24. The standard InChI is InChI=1S/C12H20N6/c1-4-9(3)18(5-2)12-11-14-6-7-17(11)8-10(15-12)16-13/h6-9,16H,4-5,13H2,1-3H3. The van der Waals surface area contributed by atoms with Gasteiger partial charge in [-0.25, -0.2) is 15.8 Å². The predicted molar refractivity (Wildman–Crippen MR) is 73.6 cm³/mol. The summed E-state index contributed by atoms with van der Waals surface area (Å²) in [4.78, 5) is 11.1. The molecule has 0 radical (unpaired) electrons. The van der Waals surface area contributed by atoms with Crippen LogP contribution in [0.3, 0.4) is 0 Å². The van der Waals surface area contributed by atoms with Crippen molar-refractivity contribution in [3.8, 4) is 0 Å². The maximum Gasteiger partial charge on any atom is 0.180 e. The number of aromatic nitrogens is 3. The number of nitrogens with two attached hydrogens (primary N) is 1. The highest BCUT2D eigenvalue weighted by molar-refractivity contribution is 5.67. The summed E-state index contributed by atoms with van der Waals surface area (Å²) in [5.74, 6) is 6.97. The summed E-state index contributed by atoms with van der Waals surface area (Å²) in [6.45, 7) is 7.36. The normalized spacial score (nSPS) is 12.7. The molecule has 2 heterocycles. The largest absolute Gasteiger partial charge is 0.351 e. The van der Waals surface area contributed by atoms with Gasteiger partial charge < -0.3 is 14.7 Å². The van der Waals surface area contributed by atoms with Crippen LogP contribution < -0.4 is 16.2 Å². The zero-order valence-electron chi connectivity index (χ0n) is 11.1. The van der Waals surface area contributed by atoms with Crippen molar-refractivity contribution in [1.82, 2.24) is 14.4 Å².